The number of amides is 1. The molecule has 0 fully saturated rings. The lowest BCUT2D eigenvalue weighted by atomic mass is 10.1. The first-order valence-electron chi connectivity index (χ1n) is 5.49. The molecule has 96 valence electrons. The van der Waals surface area contributed by atoms with Gasteiger partial charge in [0.25, 0.3) is 0 Å². The molecule has 2 heterocycles. The van der Waals surface area contributed by atoms with Crippen molar-refractivity contribution in [3.63, 3.8) is 0 Å². The van der Waals surface area contributed by atoms with Gasteiger partial charge in [0.1, 0.15) is 11.8 Å². The van der Waals surface area contributed by atoms with Gasteiger partial charge >= 0.3 is 0 Å². The number of rotatable bonds is 4. The Balaban J connectivity index is 1.92. The third-order valence-corrected chi connectivity index (χ3v) is 2.45. The van der Waals surface area contributed by atoms with Crippen LogP contribution in [0.5, 0.6) is 0 Å². The molecule has 0 aromatic carbocycles. The molecule has 2 aromatic rings. The van der Waals surface area contributed by atoms with Crippen LogP contribution in [0, 0.1) is 6.92 Å². The number of hydrogen-bond donors (Lipinski definition) is 2. The average Bonchev–Trinajstić information content (AvgIpc) is 2.94. The van der Waals surface area contributed by atoms with Gasteiger partial charge in [-0.1, -0.05) is 0 Å². The van der Waals surface area contributed by atoms with Crippen molar-refractivity contribution in [3.05, 3.63) is 35.8 Å². The summed E-state index contributed by atoms with van der Waals surface area (Å²) < 4.78 is 6.84. The minimum atomic E-state index is -0.741. The monoisotopic (exact) mass is 249 g/mol. The van der Waals surface area contributed by atoms with Crippen LogP contribution in [0.3, 0.4) is 0 Å². The molecule has 0 aliphatic rings. The quantitative estimate of drug-likeness (QED) is 0.796. The van der Waals surface area contributed by atoms with Crippen LogP contribution in [0.2, 0.25) is 0 Å². The SMILES string of the molecule is Cc1cnc(CNC(=O)C(N)c2cnn(C)c2)o1. The maximum absolute atomic E-state index is 11.8. The van der Waals surface area contributed by atoms with Crippen molar-refractivity contribution < 1.29 is 9.21 Å². The predicted molar refractivity (Wildman–Crippen MR) is 63.2 cm³/mol. The Morgan fingerprint density at radius 2 is 2.39 bits per heavy atom. The molecule has 0 saturated carbocycles. The van der Waals surface area contributed by atoms with Crippen molar-refractivity contribution in [1.82, 2.24) is 20.1 Å². The zero-order chi connectivity index (χ0) is 13.1. The first-order chi connectivity index (χ1) is 8.56. The highest BCUT2D eigenvalue weighted by atomic mass is 16.4. The van der Waals surface area contributed by atoms with E-state index in [2.05, 4.69) is 15.4 Å². The minimum Gasteiger partial charge on any atom is -0.444 e. The Labute approximate surface area is 104 Å². The van der Waals surface area contributed by atoms with E-state index in [1.54, 1.807) is 37.2 Å². The maximum atomic E-state index is 11.8. The standard InChI is InChI=1S/C11H15N5O2/c1-7-3-13-9(18-7)5-14-11(17)10(12)8-4-15-16(2)6-8/h3-4,6,10H,5,12H2,1-2H3,(H,14,17). The Bertz CT molecular complexity index is 545. The maximum Gasteiger partial charge on any atom is 0.242 e. The summed E-state index contributed by atoms with van der Waals surface area (Å²) in [4.78, 5) is 15.8. The fraction of sp³-hybridized carbons (Fsp3) is 0.364. The molecule has 0 spiro atoms. The number of nitrogens with zero attached hydrogens (tertiary/aromatic N) is 3. The van der Waals surface area contributed by atoms with Gasteiger partial charge < -0.3 is 15.5 Å². The van der Waals surface area contributed by atoms with Gasteiger partial charge in [-0.15, -0.1) is 0 Å². The van der Waals surface area contributed by atoms with Crippen molar-refractivity contribution in [2.75, 3.05) is 0 Å². The first kappa shape index (κ1) is 12.3. The summed E-state index contributed by atoms with van der Waals surface area (Å²) in [6.07, 6.45) is 4.88. The van der Waals surface area contributed by atoms with Crippen LogP contribution >= 0.6 is 0 Å². The second-order valence-corrected chi connectivity index (χ2v) is 4.01. The van der Waals surface area contributed by atoms with Gasteiger partial charge in [-0.25, -0.2) is 4.98 Å². The molecule has 2 rings (SSSR count). The Kier molecular flexibility index (Phi) is 3.42. The number of nitrogens with two attached hydrogens (primary N) is 1. The number of aryl methyl sites for hydroxylation is 2. The van der Waals surface area contributed by atoms with Crippen molar-refractivity contribution in [2.45, 2.75) is 19.5 Å². The normalized spacial score (nSPS) is 12.4. The number of nitrogens with one attached hydrogen (secondary N) is 1. The smallest absolute Gasteiger partial charge is 0.242 e. The summed E-state index contributed by atoms with van der Waals surface area (Å²) in [7, 11) is 1.77. The lowest BCUT2D eigenvalue weighted by Crippen LogP contribution is -2.33. The summed E-state index contributed by atoms with van der Waals surface area (Å²) >= 11 is 0. The number of carbonyl (C=O) groups is 1. The van der Waals surface area contributed by atoms with E-state index in [0.29, 0.717) is 17.2 Å². The van der Waals surface area contributed by atoms with Crippen LogP contribution in [-0.4, -0.2) is 20.7 Å². The van der Waals surface area contributed by atoms with E-state index >= 15 is 0 Å². The zero-order valence-corrected chi connectivity index (χ0v) is 10.3. The van der Waals surface area contributed by atoms with E-state index in [1.165, 1.54) is 0 Å². The van der Waals surface area contributed by atoms with Crippen LogP contribution in [-0.2, 0) is 18.4 Å². The summed E-state index contributed by atoms with van der Waals surface area (Å²) in [5, 5.41) is 6.63. The van der Waals surface area contributed by atoms with E-state index in [4.69, 9.17) is 10.2 Å². The van der Waals surface area contributed by atoms with Gasteiger partial charge in [-0.05, 0) is 6.92 Å². The van der Waals surface area contributed by atoms with E-state index in [9.17, 15) is 4.79 Å². The van der Waals surface area contributed by atoms with Crippen LogP contribution in [0.1, 0.15) is 23.3 Å². The van der Waals surface area contributed by atoms with Crippen molar-refractivity contribution in [1.29, 1.82) is 0 Å². The summed E-state index contributed by atoms with van der Waals surface area (Å²) in [5.41, 5.74) is 6.47. The molecular formula is C11H15N5O2. The highest BCUT2D eigenvalue weighted by molar-refractivity contribution is 5.82. The third-order valence-electron chi connectivity index (χ3n) is 2.45. The second kappa shape index (κ2) is 5.01. The highest BCUT2D eigenvalue weighted by Gasteiger charge is 2.17. The van der Waals surface area contributed by atoms with Gasteiger partial charge in [0.05, 0.1) is 18.9 Å². The van der Waals surface area contributed by atoms with Crippen LogP contribution < -0.4 is 11.1 Å². The Morgan fingerprint density at radius 3 is 2.94 bits per heavy atom. The molecule has 18 heavy (non-hydrogen) atoms. The lowest BCUT2D eigenvalue weighted by molar-refractivity contribution is -0.122. The molecule has 1 amide bonds. The number of hydrogen-bond acceptors (Lipinski definition) is 5. The Hall–Kier alpha value is -2.15. The average molecular weight is 249 g/mol. The lowest BCUT2D eigenvalue weighted by Gasteiger charge is -2.08. The summed E-state index contributed by atoms with van der Waals surface area (Å²) in [6, 6.07) is -0.741. The predicted octanol–water partition coefficient (Wildman–Crippen LogP) is 0.0327. The van der Waals surface area contributed by atoms with E-state index in [0.717, 1.165) is 0 Å². The van der Waals surface area contributed by atoms with Gasteiger partial charge in [0, 0.05) is 18.8 Å². The molecule has 0 aliphatic heterocycles. The van der Waals surface area contributed by atoms with Gasteiger partial charge in [-0.3, -0.25) is 9.48 Å². The molecule has 1 atom stereocenters. The third kappa shape index (κ3) is 2.75. The highest BCUT2D eigenvalue weighted by Crippen LogP contribution is 2.09. The molecule has 2 aromatic heterocycles. The minimum absolute atomic E-state index is 0.223. The first-order valence-corrected chi connectivity index (χ1v) is 5.49. The van der Waals surface area contributed by atoms with Crippen molar-refractivity contribution in [2.24, 2.45) is 12.8 Å². The number of aromatic nitrogens is 3. The van der Waals surface area contributed by atoms with E-state index in [1.807, 2.05) is 0 Å². The number of carbonyl (C=O) groups excluding carboxylic acids is 1. The molecule has 0 radical (unpaired) electrons. The molecule has 7 nitrogen and oxygen atoms in total. The Morgan fingerprint density at radius 1 is 1.61 bits per heavy atom. The van der Waals surface area contributed by atoms with Gasteiger partial charge in [0.2, 0.25) is 11.8 Å². The summed E-state index contributed by atoms with van der Waals surface area (Å²) in [5.74, 6) is 0.869. The van der Waals surface area contributed by atoms with E-state index in [-0.39, 0.29) is 12.5 Å². The molecule has 0 bridgehead atoms. The molecule has 0 aliphatic carbocycles. The van der Waals surface area contributed by atoms with Crippen LogP contribution in [0.4, 0.5) is 0 Å². The zero-order valence-electron chi connectivity index (χ0n) is 10.3. The summed E-state index contributed by atoms with van der Waals surface area (Å²) in [6.45, 7) is 2.01. The molecule has 0 saturated heterocycles. The number of oxazole rings is 1. The second-order valence-electron chi connectivity index (χ2n) is 4.01. The van der Waals surface area contributed by atoms with Crippen LogP contribution in [0.25, 0.3) is 0 Å². The molecular weight excluding hydrogens is 234 g/mol. The van der Waals surface area contributed by atoms with Crippen LogP contribution in [0.15, 0.2) is 23.0 Å². The fourth-order valence-corrected chi connectivity index (χ4v) is 1.51. The topological polar surface area (TPSA) is 99.0 Å². The molecule has 1 unspecified atom stereocenters. The molecule has 7 heteroatoms. The fourth-order valence-electron chi connectivity index (χ4n) is 1.51. The van der Waals surface area contributed by atoms with E-state index < -0.39 is 6.04 Å². The van der Waals surface area contributed by atoms with Crippen molar-refractivity contribution >= 4 is 5.91 Å². The van der Waals surface area contributed by atoms with Crippen molar-refractivity contribution in [3.8, 4) is 0 Å². The van der Waals surface area contributed by atoms with Gasteiger partial charge in [0.15, 0.2) is 0 Å². The van der Waals surface area contributed by atoms with Gasteiger partial charge in [-0.2, -0.15) is 5.10 Å². The molecule has 3 N–H and O–H groups in total. The largest absolute Gasteiger partial charge is 0.444 e.